The summed E-state index contributed by atoms with van der Waals surface area (Å²) in [5.41, 5.74) is 12.1. The second-order valence-electron chi connectivity index (χ2n) is 7.44. The van der Waals surface area contributed by atoms with Gasteiger partial charge in [0, 0.05) is 24.0 Å². The Morgan fingerprint density at radius 2 is 1.82 bits per heavy atom. The zero-order valence-corrected chi connectivity index (χ0v) is 17.8. The number of nitrogens with one attached hydrogen (secondary N) is 1. The van der Waals surface area contributed by atoms with Crippen molar-refractivity contribution in [2.75, 3.05) is 6.61 Å². The topological polar surface area (TPSA) is 204 Å². The third-order valence-electron chi connectivity index (χ3n) is 4.88. The summed E-state index contributed by atoms with van der Waals surface area (Å²) in [6.07, 6.45) is -0.831. The Bertz CT molecular complexity index is 1140. The quantitative estimate of drug-likeness (QED) is 0.150. The van der Waals surface area contributed by atoms with Crippen molar-refractivity contribution in [1.82, 2.24) is 5.32 Å². The maximum atomic E-state index is 12.4. The number of benzene rings is 2. The van der Waals surface area contributed by atoms with E-state index in [9.17, 15) is 19.2 Å². The molecule has 34 heavy (non-hydrogen) atoms. The maximum Gasteiger partial charge on any atom is 0.343 e. The molecule has 3 rings (SSSR count). The van der Waals surface area contributed by atoms with Gasteiger partial charge in [-0.15, -0.1) is 0 Å². The molecule has 0 saturated carbocycles. The average Bonchev–Trinajstić information content (AvgIpc) is 3.14. The van der Waals surface area contributed by atoms with E-state index in [1.54, 1.807) is 24.3 Å². The fourth-order valence-corrected chi connectivity index (χ4v) is 3.33. The number of esters is 1. The van der Waals surface area contributed by atoms with Gasteiger partial charge in [0.25, 0.3) is 0 Å². The molecule has 12 heteroatoms. The molecule has 0 aromatic heterocycles. The Kier molecular flexibility index (Phi) is 7.31. The number of carbonyl (C=O) groups is 4. The van der Waals surface area contributed by atoms with Gasteiger partial charge in [0.05, 0.1) is 24.3 Å². The lowest BCUT2D eigenvalue weighted by Crippen LogP contribution is -2.42. The first-order chi connectivity index (χ1) is 16.1. The number of carboxylic acids is 2. The number of aliphatic carboxylic acids is 2. The smallest absolute Gasteiger partial charge is 0.343 e. The number of nitrogens with zero attached hydrogens (tertiary/aromatic N) is 1. The van der Waals surface area contributed by atoms with Crippen molar-refractivity contribution in [3.63, 3.8) is 0 Å². The van der Waals surface area contributed by atoms with E-state index in [-0.39, 0.29) is 36.2 Å². The van der Waals surface area contributed by atoms with Gasteiger partial charge in [0.2, 0.25) is 5.91 Å². The lowest BCUT2D eigenvalue weighted by Gasteiger charge is -2.14. The summed E-state index contributed by atoms with van der Waals surface area (Å²) in [5, 5.41) is 20.1. The van der Waals surface area contributed by atoms with Crippen LogP contribution >= 0.6 is 0 Å². The number of ether oxygens (including phenoxy) is 2. The Labute approximate surface area is 193 Å². The Morgan fingerprint density at radius 1 is 1.12 bits per heavy atom. The van der Waals surface area contributed by atoms with Crippen molar-refractivity contribution in [3.05, 3.63) is 53.6 Å². The monoisotopic (exact) mass is 470 g/mol. The molecular formula is C22H22N4O8. The molecule has 0 saturated heterocycles. The third-order valence-corrected chi connectivity index (χ3v) is 4.88. The van der Waals surface area contributed by atoms with Crippen LogP contribution in [0.25, 0.3) is 0 Å². The molecule has 1 aliphatic rings. The summed E-state index contributed by atoms with van der Waals surface area (Å²) < 4.78 is 11.0. The van der Waals surface area contributed by atoms with Crippen molar-refractivity contribution >= 4 is 35.5 Å². The number of aliphatic imine (C=N–C) groups is 1. The fourth-order valence-electron chi connectivity index (χ4n) is 3.33. The van der Waals surface area contributed by atoms with Gasteiger partial charge >= 0.3 is 17.9 Å². The zero-order chi connectivity index (χ0) is 24.8. The van der Waals surface area contributed by atoms with E-state index in [1.165, 1.54) is 18.2 Å². The molecule has 0 fully saturated rings. The Hall–Kier alpha value is -4.61. The standard InChI is InChI=1S/C22H22N4O8/c23-22(24)25-13-3-1-11(2-4-13)21(32)34-14-5-6-15-12(10-33-17(15)8-14)7-18(27)26-16(20(30)31)9-19(28)29/h1-6,8,12,16H,7,9-10H2,(H,26,27)(H,28,29)(H,30,31)(H4,23,24,25)/t12-,16+/m1/s1. The molecule has 0 unspecified atom stereocenters. The summed E-state index contributed by atoms with van der Waals surface area (Å²) in [6, 6.07) is 9.33. The van der Waals surface area contributed by atoms with Crippen LogP contribution in [0.15, 0.2) is 47.5 Å². The van der Waals surface area contributed by atoms with Gasteiger partial charge < -0.3 is 36.5 Å². The highest BCUT2D eigenvalue weighted by Gasteiger charge is 2.29. The summed E-state index contributed by atoms with van der Waals surface area (Å²) in [5.74, 6) is -3.82. The molecule has 178 valence electrons. The minimum atomic E-state index is -1.53. The maximum absolute atomic E-state index is 12.4. The third kappa shape index (κ3) is 6.22. The SMILES string of the molecule is NC(N)=Nc1ccc(C(=O)Oc2ccc3c(c2)OC[C@H]3CC(=O)N[C@@H](CC(=O)O)C(=O)O)cc1. The van der Waals surface area contributed by atoms with Crippen molar-refractivity contribution in [3.8, 4) is 11.5 Å². The number of carboxylic acid groups (broad SMARTS) is 2. The highest BCUT2D eigenvalue weighted by Crippen LogP contribution is 2.38. The van der Waals surface area contributed by atoms with E-state index < -0.39 is 36.3 Å². The minimum absolute atomic E-state index is 0.0995. The Morgan fingerprint density at radius 3 is 2.44 bits per heavy atom. The normalized spacial score (nSPS) is 14.8. The molecule has 2 aromatic carbocycles. The van der Waals surface area contributed by atoms with E-state index in [4.69, 9.17) is 31.2 Å². The van der Waals surface area contributed by atoms with E-state index in [0.717, 1.165) is 0 Å². The number of guanidine groups is 1. The van der Waals surface area contributed by atoms with Crippen molar-refractivity contribution in [2.45, 2.75) is 24.8 Å². The molecule has 0 radical (unpaired) electrons. The molecule has 0 spiro atoms. The number of hydrogen-bond acceptors (Lipinski definition) is 7. The van der Waals surface area contributed by atoms with E-state index >= 15 is 0 Å². The molecule has 2 aromatic rings. The summed E-state index contributed by atoms with van der Waals surface area (Å²) in [7, 11) is 0. The highest BCUT2D eigenvalue weighted by atomic mass is 16.5. The first-order valence-corrected chi connectivity index (χ1v) is 10.0. The second-order valence-corrected chi connectivity index (χ2v) is 7.44. The molecule has 1 amide bonds. The first kappa shape index (κ1) is 24.0. The highest BCUT2D eigenvalue weighted by molar-refractivity contribution is 5.91. The molecule has 7 N–H and O–H groups in total. The number of carbonyl (C=O) groups excluding carboxylic acids is 2. The average molecular weight is 470 g/mol. The van der Waals surface area contributed by atoms with Crippen LogP contribution in [0.3, 0.4) is 0 Å². The van der Waals surface area contributed by atoms with Crippen LogP contribution in [0.1, 0.15) is 34.7 Å². The van der Waals surface area contributed by atoms with Crippen LogP contribution in [-0.4, -0.2) is 52.6 Å². The molecule has 0 bridgehead atoms. The van der Waals surface area contributed by atoms with Crippen molar-refractivity contribution in [2.24, 2.45) is 16.5 Å². The van der Waals surface area contributed by atoms with Gasteiger partial charge in [0.1, 0.15) is 17.5 Å². The van der Waals surface area contributed by atoms with Gasteiger partial charge in [-0.3, -0.25) is 9.59 Å². The predicted molar refractivity (Wildman–Crippen MR) is 118 cm³/mol. The predicted octanol–water partition coefficient (Wildman–Crippen LogP) is 0.721. The summed E-state index contributed by atoms with van der Waals surface area (Å²) in [6.45, 7) is 0.156. The number of hydrogen-bond donors (Lipinski definition) is 5. The number of nitrogens with two attached hydrogens (primary N) is 2. The first-order valence-electron chi connectivity index (χ1n) is 10.0. The largest absolute Gasteiger partial charge is 0.492 e. The van der Waals surface area contributed by atoms with Gasteiger partial charge in [-0.05, 0) is 30.3 Å². The van der Waals surface area contributed by atoms with Gasteiger partial charge in [-0.2, -0.15) is 0 Å². The summed E-state index contributed by atoms with van der Waals surface area (Å²) >= 11 is 0. The molecular weight excluding hydrogens is 448 g/mol. The molecule has 2 atom stereocenters. The van der Waals surface area contributed by atoms with Crippen molar-refractivity contribution < 1.29 is 38.9 Å². The van der Waals surface area contributed by atoms with Gasteiger partial charge in [-0.25, -0.2) is 14.6 Å². The lowest BCUT2D eigenvalue weighted by atomic mass is 9.97. The minimum Gasteiger partial charge on any atom is -0.492 e. The van der Waals surface area contributed by atoms with Crippen molar-refractivity contribution in [1.29, 1.82) is 0 Å². The van der Waals surface area contributed by atoms with Crippen LogP contribution < -0.4 is 26.3 Å². The van der Waals surface area contributed by atoms with Crippen LogP contribution in [0.2, 0.25) is 0 Å². The van der Waals surface area contributed by atoms with E-state index in [1.807, 2.05) is 0 Å². The molecule has 1 heterocycles. The number of fused-ring (bicyclic) bond motifs is 1. The van der Waals surface area contributed by atoms with Crippen LogP contribution in [-0.2, 0) is 14.4 Å². The van der Waals surface area contributed by atoms with Gasteiger partial charge in [0.15, 0.2) is 5.96 Å². The zero-order valence-electron chi connectivity index (χ0n) is 17.8. The van der Waals surface area contributed by atoms with E-state index in [2.05, 4.69) is 10.3 Å². The van der Waals surface area contributed by atoms with Gasteiger partial charge in [-0.1, -0.05) is 6.07 Å². The van der Waals surface area contributed by atoms with Crippen LogP contribution in [0.5, 0.6) is 11.5 Å². The lowest BCUT2D eigenvalue weighted by molar-refractivity contribution is -0.147. The fraction of sp³-hybridized carbons (Fsp3) is 0.227. The number of rotatable bonds is 9. The summed E-state index contributed by atoms with van der Waals surface area (Å²) in [4.78, 5) is 50.4. The van der Waals surface area contributed by atoms with Crippen LogP contribution in [0.4, 0.5) is 5.69 Å². The van der Waals surface area contributed by atoms with Crippen LogP contribution in [0, 0.1) is 0 Å². The Balaban J connectivity index is 1.62. The number of amides is 1. The van der Waals surface area contributed by atoms with E-state index in [0.29, 0.717) is 17.0 Å². The molecule has 1 aliphatic heterocycles. The molecule has 12 nitrogen and oxygen atoms in total. The second kappa shape index (κ2) is 10.3. The molecule has 0 aliphatic carbocycles.